The van der Waals surface area contributed by atoms with Crippen molar-refractivity contribution in [1.82, 2.24) is 18.7 Å². The third-order valence-electron chi connectivity index (χ3n) is 4.78. The predicted molar refractivity (Wildman–Crippen MR) is 112 cm³/mol. The van der Waals surface area contributed by atoms with E-state index in [-0.39, 0.29) is 5.82 Å². The maximum Gasteiger partial charge on any atom is 0.332 e. The summed E-state index contributed by atoms with van der Waals surface area (Å²) in [5, 5.41) is 0.631. The second-order valence-electron chi connectivity index (χ2n) is 6.76. The van der Waals surface area contributed by atoms with Crippen molar-refractivity contribution in [2.45, 2.75) is 17.5 Å². The van der Waals surface area contributed by atoms with E-state index >= 15 is 0 Å². The third kappa shape index (κ3) is 3.63. The van der Waals surface area contributed by atoms with Crippen LogP contribution in [0, 0.1) is 5.82 Å². The van der Waals surface area contributed by atoms with Crippen LogP contribution >= 0.6 is 11.8 Å². The first kappa shape index (κ1) is 19.2. The molecule has 0 atom stereocenters. The zero-order valence-electron chi connectivity index (χ0n) is 16.0. The summed E-state index contributed by atoms with van der Waals surface area (Å²) in [4.78, 5) is 29.8. The Morgan fingerprint density at radius 1 is 0.931 bits per heavy atom. The van der Waals surface area contributed by atoms with E-state index in [9.17, 15) is 14.0 Å². The fourth-order valence-corrected chi connectivity index (χ4v) is 4.13. The molecule has 4 rings (SSSR count). The number of hydrogen-bond acceptors (Lipinski definition) is 4. The van der Waals surface area contributed by atoms with E-state index in [0.29, 0.717) is 28.6 Å². The van der Waals surface area contributed by atoms with Crippen LogP contribution in [0.25, 0.3) is 11.2 Å². The SMILES string of the molecule is Cn1c(=O)c2c(nc(SCc3ccccc3)n2Cc2ccc(F)cc2)n(C)c1=O. The Morgan fingerprint density at radius 3 is 2.31 bits per heavy atom. The van der Waals surface area contributed by atoms with E-state index in [1.165, 1.54) is 35.5 Å². The first-order valence-electron chi connectivity index (χ1n) is 9.03. The highest BCUT2D eigenvalue weighted by atomic mass is 32.2. The Kier molecular flexibility index (Phi) is 5.10. The van der Waals surface area contributed by atoms with Crippen LogP contribution in [0.15, 0.2) is 69.3 Å². The van der Waals surface area contributed by atoms with E-state index in [0.717, 1.165) is 15.7 Å². The number of thioether (sulfide) groups is 1. The maximum absolute atomic E-state index is 13.3. The number of rotatable bonds is 5. The van der Waals surface area contributed by atoms with Crippen molar-refractivity contribution in [1.29, 1.82) is 0 Å². The van der Waals surface area contributed by atoms with Gasteiger partial charge in [0.2, 0.25) is 0 Å². The Hall–Kier alpha value is -3.13. The average Bonchev–Trinajstić information content (AvgIpc) is 3.10. The van der Waals surface area contributed by atoms with Crippen LogP contribution < -0.4 is 11.2 Å². The van der Waals surface area contributed by atoms with Crippen LogP contribution in [-0.4, -0.2) is 18.7 Å². The molecule has 0 radical (unpaired) electrons. The van der Waals surface area contributed by atoms with Crippen LogP contribution in [0.1, 0.15) is 11.1 Å². The molecule has 2 heterocycles. The van der Waals surface area contributed by atoms with Gasteiger partial charge >= 0.3 is 5.69 Å². The summed E-state index contributed by atoms with van der Waals surface area (Å²) >= 11 is 1.49. The molecule has 0 aliphatic carbocycles. The molecular formula is C21H19FN4O2S. The Balaban J connectivity index is 1.85. The predicted octanol–water partition coefficient (Wildman–Crippen LogP) is 2.91. The van der Waals surface area contributed by atoms with Gasteiger partial charge in [-0.1, -0.05) is 54.2 Å². The van der Waals surface area contributed by atoms with E-state index in [1.807, 2.05) is 30.3 Å². The molecule has 0 aliphatic heterocycles. The summed E-state index contributed by atoms with van der Waals surface area (Å²) < 4.78 is 17.6. The zero-order chi connectivity index (χ0) is 20.5. The monoisotopic (exact) mass is 410 g/mol. The second kappa shape index (κ2) is 7.71. The third-order valence-corrected chi connectivity index (χ3v) is 5.83. The van der Waals surface area contributed by atoms with E-state index in [4.69, 9.17) is 0 Å². The minimum atomic E-state index is -0.423. The zero-order valence-corrected chi connectivity index (χ0v) is 16.8. The lowest BCUT2D eigenvalue weighted by Gasteiger charge is -2.10. The average molecular weight is 410 g/mol. The molecule has 148 valence electrons. The summed E-state index contributed by atoms with van der Waals surface area (Å²) in [6, 6.07) is 16.1. The molecule has 0 unspecified atom stereocenters. The number of aryl methyl sites for hydroxylation is 1. The molecule has 4 aromatic rings. The van der Waals surface area contributed by atoms with Gasteiger partial charge in [-0.2, -0.15) is 0 Å². The fraction of sp³-hybridized carbons (Fsp3) is 0.190. The molecule has 0 N–H and O–H groups in total. The molecule has 0 saturated heterocycles. The fourth-order valence-electron chi connectivity index (χ4n) is 3.18. The van der Waals surface area contributed by atoms with E-state index < -0.39 is 11.2 Å². The summed E-state index contributed by atoms with van der Waals surface area (Å²) in [5.41, 5.74) is 1.84. The highest BCUT2D eigenvalue weighted by molar-refractivity contribution is 7.98. The first-order valence-corrected chi connectivity index (χ1v) is 10.0. The second-order valence-corrected chi connectivity index (χ2v) is 7.70. The largest absolute Gasteiger partial charge is 0.332 e. The Morgan fingerprint density at radius 2 is 1.62 bits per heavy atom. The molecule has 6 nitrogen and oxygen atoms in total. The smallest absolute Gasteiger partial charge is 0.309 e. The number of hydrogen-bond donors (Lipinski definition) is 0. The standard InChI is InChI=1S/C21H19FN4O2S/c1-24-18-17(19(27)25(2)21(24)28)26(12-14-8-10-16(22)11-9-14)20(23-18)29-13-15-6-4-3-5-7-15/h3-11H,12-13H2,1-2H3. The summed E-state index contributed by atoms with van der Waals surface area (Å²) in [6.45, 7) is 0.349. The van der Waals surface area contributed by atoms with E-state index in [2.05, 4.69) is 4.98 Å². The summed E-state index contributed by atoms with van der Waals surface area (Å²) in [6.07, 6.45) is 0. The van der Waals surface area contributed by atoms with Crippen molar-refractivity contribution in [3.8, 4) is 0 Å². The van der Waals surface area contributed by atoms with Gasteiger partial charge in [0.05, 0.1) is 6.54 Å². The molecule has 0 bridgehead atoms. The molecule has 0 fully saturated rings. The number of aromatic nitrogens is 4. The first-order chi connectivity index (χ1) is 14.0. The molecule has 2 aromatic heterocycles. The number of benzene rings is 2. The lowest BCUT2D eigenvalue weighted by Crippen LogP contribution is -2.37. The maximum atomic E-state index is 13.3. The summed E-state index contributed by atoms with van der Waals surface area (Å²) in [5.74, 6) is 0.350. The Labute approximate surface area is 170 Å². The minimum absolute atomic E-state index is 0.318. The van der Waals surface area contributed by atoms with Crippen LogP contribution in [-0.2, 0) is 26.4 Å². The van der Waals surface area contributed by atoms with Crippen molar-refractivity contribution < 1.29 is 4.39 Å². The number of halogens is 1. The van der Waals surface area contributed by atoms with Gasteiger partial charge in [-0.25, -0.2) is 14.2 Å². The molecule has 0 spiro atoms. The molecule has 0 amide bonds. The van der Waals surface area contributed by atoms with Crippen molar-refractivity contribution in [2.75, 3.05) is 0 Å². The van der Waals surface area contributed by atoms with Gasteiger partial charge in [0.15, 0.2) is 16.3 Å². The highest BCUT2D eigenvalue weighted by Gasteiger charge is 2.19. The van der Waals surface area contributed by atoms with Crippen LogP contribution in [0.4, 0.5) is 4.39 Å². The van der Waals surface area contributed by atoms with Crippen molar-refractivity contribution >= 4 is 22.9 Å². The highest BCUT2D eigenvalue weighted by Crippen LogP contribution is 2.26. The van der Waals surface area contributed by atoms with Crippen molar-refractivity contribution in [2.24, 2.45) is 14.1 Å². The topological polar surface area (TPSA) is 61.8 Å². The van der Waals surface area contributed by atoms with Gasteiger partial charge in [0.1, 0.15) is 5.82 Å². The van der Waals surface area contributed by atoms with Gasteiger partial charge in [0.25, 0.3) is 5.56 Å². The van der Waals surface area contributed by atoms with Gasteiger partial charge in [-0.05, 0) is 23.3 Å². The van der Waals surface area contributed by atoms with Crippen molar-refractivity contribution in [3.63, 3.8) is 0 Å². The quantitative estimate of drug-likeness (QED) is 0.475. The molecule has 2 aromatic carbocycles. The van der Waals surface area contributed by atoms with Crippen LogP contribution in [0.2, 0.25) is 0 Å². The number of fused-ring (bicyclic) bond motifs is 1. The molecule has 29 heavy (non-hydrogen) atoms. The normalized spacial score (nSPS) is 11.3. The molecule has 0 saturated carbocycles. The Bertz CT molecular complexity index is 1290. The lowest BCUT2D eigenvalue weighted by molar-refractivity contribution is 0.625. The van der Waals surface area contributed by atoms with Crippen LogP contribution in [0.5, 0.6) is 0 Å². The summed E-state index contributed by atoms with van der Waals surface area (Å²) in [7, 11) is 3.06. The van der Waals surface area contributed by atoms with Crippen molar-refractivity contribution in [3.05, 3.63) is 92.4 Å². The van der Waals surface area contributed by atoms with E-state index in [1.54, 1.807) is 23.7 Å². The van der Waals surface area contributed by atoms with Gasteiger partial charge in [0, 0.05) is 19.8 Å². The number of imidazole rings is 1. The van der Waals surface area contributed by atoms with Crippen LogP contribution in [0.3, 0.4) is 0 Å². The van der Waals surface area contributed by atoms with Gasteiger partial charge in [-0.15, -0.1) is 0 Å². The molecule has 0 aliphatic rings. The lowest BCUT2D eigenvalue weighted by atomic mass is 10.2. The molecule has 8 heteroatoms. The number of nitrogens with zero attached hydrogens (tertiary/aromatic N) is 4. The van der Waals surface area contributed by atoms with Gasteiger partial charge in [-0.3, -0.25) is 13.9 Å². The van der Waals surface area contributed by atoms with Gasteiger partial charge < -0.3 is 4.57 Å². The molecular weight excluding hydrogens is 391 g/mol. The minimum Gasteiger partial charge on any atom is -0.309 e.